The van der Waals surface area contributed by atoms with Crippen molar-refractivity contribution in [3.63, 3.8) is 0 Å². The first-order valence-corrected chi connectivity index (χ1v) is 6.97. The highest BCUT2D eigenvalue weighted by Gasteiger charge is 2.25. The Labute approximate surface area is 119 Å². The zero-order valence-corrected chi connectivity index (χ0v) is 12.2. The molecule has 2 atom stereocenters. The molecule has 0 saturated carbocycles. The molecule has 98 valence electrons. The van der Waals surface area contributed by atoms with E-state index in [0.717, 1.165) is 23.1 Å². The Morgan fingerprint density at radius 2 is 2.33 bits per heavy atom. The molecule has 1 aliphatic rings. The molecular formula is C12H15IN2O3. The summed E-state index contributed by atoms with van der Waals surface area (Å²) in [6, 6.07) is 5.04. The molecule has 2 rings (SSSR count). The van der Waals surface area contributed by atoms with Crippen LogP contribution < -0.4 is 10.1 Å². The van der Waals surface area contributed by atoms with E-state index in [0.29, 0.717) is 11.7 Å². The standard InChI is InChI=1S/C12H15IN2O3/c1-8-4-5-14-7-12(8)18-11-3-2-9(13)6-10(11)15(16)17/h2-3,6,8,12,14H,4-5,7H2,1H3. The first-order valence-electron chi connectivity index (χ1n) is 5.89. The molecule has 0 bridgehead atoms. The molecule has 1 saturated heterocycles. The molecule has 18 heavy (non-hydrogen) atoms. The molecule has 5 nitrogen and oxygen atoms in total. The lowest BCUT2D eigenvalue weighted by Gasteiger charge is -2.29. The first-order chi connectivity index (χ1) is 8.58. The number of nitro groups is 1. The molecule has 0 amide bonds. The lowest BCUT2D eigenvalue weighted by molar-refractivity contribution is -0.386. The average Bonchev–Trinajstić information content (AvgIpc) is 2.34. The predicted molar refractivity (Wildman–Crippen MR) is 76.9 cm³/mol. The van der Waals surface area contributed by atoms with Crippen LogP contribution in [0.1, 0.15) is 13.3 Å². The number of nitro benzene ring substituents is 1. The summed E-state index contributed by atoms with van der Waals surface area (Å²) in [5.74, 6) is 0.770. The van der Waals surface area contributed by atoms with Crippen molar-refractivity contribution >= 4 is 28.3 Å². The van der Waals surface area contributed by atoms with Crippen molar-refractivity contribution in [1.29, 1.82) is 0 Å². The van der Waals surface area contributed by atoms with Crippen molar-refractivity contribution in [2.24, 2.45) is 5.92 Å². The summed E-state index contributed by atoms with van der Waals surface area (Å²) in [4.78, 5) is 10.6. The molecule has 1 aromatic carbocycles. The number of rotatable bonds is 3. The molecule has 1 fully saturated rings. The van der Waals surface area contributed by atoms with Crippen LogP contribution in [-0.4, -0.2) is 24.1 Å². The Morgan fingerprint density at radius 1 is 1.56 bits per heavy atom. The Morgan fingerprint density at radius 3 is 3.00 bits per heavy atom. The van der Waals surface area contributed by atoms with E-state index in [9.17, 15) is 10.1 Å². The van der Waals surface area contributed by atoms with E-state index in [1.807, 2.05) is 6.07 Å². The van der Waals surface area contributed by atoms with E-state index in [1.54, 1.807) is 6.07 Å². The van der Waals surface area contributed by atoms with E-state index in [4.69, 9.17) is 4.74 Å². The molecule has 0 aliphatic carbocycles. The lowest BCUT2D eigenvalue weighted by atomic mass is 9.97. The van der Waals surface area contributed by atoms with Gasteiger partial charge in [-0.1, -0.05) is 6.92 Å². The van der Waals surface area contributed by atoms with Gasteiger partial charge in [0, 0.05) is 16.2 Å². The predicted octanol–water partition coefficient (Wildman–Crippen LogP) is 2.58. The topological polar surface area (TPSA) is 64.4 Å². The van der Waals surface area contributed by atoms with Gasteiger partial charge in [-0.15, -0.1) is 0 Å². The zero-order chi connectivity index (χ0) is 13.1. The highest BCUT2D eigenvalue weighted by atomic mass is 127. The zero-order valence-electron chi connectivity index (χ0n) is 10.1. The van der Waals surface area contributed by atoms with E-state index in [2.05, 4.69) is 34.8 Å². The molecular weight excluding hydrogens is 347 g/mol. The van der Waals surface area contributed by atoms with Crippen molar-refractivity contribution < 1.29 is 9.66 Å². The average molecular weight is 362 g/mol. The Bertz CT molecular complexity index is 453. The largest absolute Gasteiger partial charge is 0.482 e. The number of benzene rings is 1. The van der Waals surface area contributed by atoms with Crippen molar-refractivity contribution in [1.82, 2.24) is 5.32 Å². The number of piperidine rings is 1. The maximum atomic E-state index is 11.0. The fourth-order valence-electron chi connectivity index (χ4n) is 2.01. The molecule has 6 heteroatoms. The Hall–Kier alpha value is -0.890. The minimum Gasteiger partial charge on any atom is -0.482 e. The van der Waals surface area contributed by atoms with E-state index < -0.39 is 4.92 Å². The lowest BCUT2D eigenvalue weighted by Crippen LogP contribution is -2.42. The van der Waals surface area contributed by atoms with Gasteiger partial charge < -0.3 is 10.1 Å². The van der Waals surface area contributed by atoms with Crippen LogP contribution in [0.4, 0.5) is 5.69 Å². The van der Waals surface area contributed by atoms with Crippen LogP contribution >= 0.6 is 22.6 Å². The van der Waals surface area contributed by atoms with E-state index in [-0.39, 0.29) is 11.8 Å². The number of hydrogen-bond acceptors (Lipinski definition) is 4. The van der Waals surface area contributed by atoms with Crippen LogP contribution in [0.5, 0.6) is 5.75 Å². The smallest absolute Gasteiger partial charge is 0.311 e. The molecule has 0 radical (unpaired) electrons. The van der Waals surface area contributed by atoms with Gasteiger partial charge >= 0.3 is 5.69 Å². The van der Waals surface area contributed by atoms with E-state index >= 15 is 0 Å². The molecule has 1 aromatic rings. The summed E-state index contributed by atoms with van der Waals surface area (Å²) in [6.07, 6.45) is 1.03. The van der Waals surface area contributed by atoms with Crippen molar-refractivity contribution in [2.45, 2.75) is 19.4 Å². The van der Waals surface area contributed by atoms with Crippen LogP contribution in [0.2, 0.25) is 0 Å². The van der Waals surface area contributed by atoms with Gasteiger partial charge in [0.15, 0.2) is 5.75 Å². The first kappa shape index (κ1) is 13.5. The fraction of sp³-hybridized carbons (Fsp3) is 0.500. The highest BCUT2D eigenvalue weighted by molar-refractivity contribution is 14.1. The summed E-state index contributed by atoms with van der Waals surface area (Å²) in [7, 11) is 0. The van der Waals surface area contributed by atoms with Gasteiger partial charge in [0.05, 0.1) is 4.92 Å². The monoisotopic (exact) mass is 362 g/mol. The maximum Gasteiger partial charge on any atom is 0.311 e. The van der Waals surface area contributed by atoms with Crippen LogP contribution in [-0.2, 0) is 0 Å². The van der Waals surface area contributed by atoms with Gasteiger partial charge in [-0.25, -0.2) is 0 Å². The van der Waals surface area contributed by atoms with E-state index in [1.165, 1.54) is 6.07 Å². The molecule has 1 heterocycles. The minimum absolute atomic E-state index is 0.00230. The maximum absolute atomic E-state index is 11.0. The van der Waals surface area contributed by atoms with Crippen LogP contribution in [0.3, 0.4) is 0 Å². The third-order valence-corrected chi connectivity index (χ3v) is 3.82. The third kappa shape index (κ3) is 3.11. The fourth-order valence-corrected chi connectivity index (χ4v) is 2.49. The number of ether oxygens (including phenoxy) is 1. The number of halogens is 1. The third-order valence-electron chi connectivity index (χ3n) is 3.15. The molecule has 1 N–H and O–H groups in total. The highest BCUT2D eigenvalue weighted by Crippen LogP contribution is 2.31. The van der Waals surface area contributed by atoms with Gasteiger partial charge in [0.2, 0.25) is 0 Å². The summed E-state index contributed by atoms with van der Waals surface area (Å²) in [5.41, 5.74) is 0.0414. The second kappa shape index (κ2) is 5.83. The van der Waals surface area contributed by atoms with Crippen molar-refractivity contribution in [3.05, 3.63) is 31.9 Å². The minimum atomic E-state index is -0.390. The Balaban J connectivity index is 2.20. The van der Waals surface area contributed by atoms with Gasteiger partial charge in [0.1, 0.15) is 6.10 Å². The van der Waals surface area contributed by atoms with Gasteiger partial charge in [-0.3, -0.25) is 10.1 Å². The van der Waals surface area contributed by atoms with Crippen molar-refractivity contribution in [2.75, 3.05) is 13.1 Å². The molecule has 0 spiro atoms. The molecule has 1 aliphatic heterocycles. The second-order valence-corrected chi connectivity index (χ2v) is 5.74. The van der Waals surface area contributed by atoms with Crippen LogP contribution in [0, 0.1) is 19.6 Å². The SMILES string of the molecule is CC1CCNCC1Oc1ccc(I)cc1[N+](=O)[O-]. The summed E-state index contributed by atoms with van der Waals surface area (Å²) >= 11 is 2.06. The number of nitrogens with zero attached hydrogens (tertiary/aromatic N) is 1. The molecule has 2 unspecified atom stereocenters. The number of hydrogen-bond donors (Lipinski definition) is 1. The van der Waals surface area contributed by atoms with Gasteiger partial charge in [0.25, 0.3) is 0 Å². The quantitative estimate of drug-likeness (QED) is 0.510. The normalized spacial score (nSPS) is 23.7. The summed E-state index contributed by atoms with van der Waals surface area (Å²) in [6.45, 7) is 3.84. The van der Waals surface area contributed by atoms with Crippen LogP contribution in [0.15, 0.2) is 18.2 Å². The molecule has 0 aromatic heterocycles. The van der Waals surface area contributed by atoms with Crippen LogP contribution in [0.25, 0.3) is 0 Å². The second-order valence-electron chi connectivity index (χ2n) is 4.50. The van der Waals surface area contributed by atoms with Crippen molar-refractivity contribution in [3.8, 4) is 5.75 Å². The number of nitrogens with one attached hydrogen (secondary N) is 1. The van der Waals surface area contributed by atoms with Gasteiger partial charge in [-0.2, -0.15) is 0 Å². The summed E-state index contributed by atoms with van der Waals surface area (Å²) in [5, 5.41) is 14.3. The van der Waals surface area contributed by atoms with Gasteiger partial charge in [-0.05, 0) is 53.6 Å². The summed E-state index contributed by atoms with van der Waals surface area (Å²) < 4.78 is 6.64. The Kier molecular flexibility index (Phi) is 4.39.